The molecular weight excluding hydrogens is 326 g/mol. The van der Waals surface area contributed by atoms with Crippen LogP contribution in [0.4, 0.5) is 5.82 Å². The lowest BCUT2D eigenvalue weighted by Gasteiger charge is -2.23. The van der Waals surface area contributed by atoms with Gasteiger partial charge in [-0.3, -0.25) is 4.79 Å². The van der Waals surface area contributed by atoms with Gasteiger partial charge in [-0.25, -0.2) is 9.78 Å². The van der Waals surface area contributed by atoms with Crippen LogP contribution in [-0.2, 0) is 4.79 Å². The Balaban J connectivity index is 2.14. The summed E-state index contributed by atoms with van der Waals surface area (Å²) in [6, 6.07) is 1.49. The van der Waals surface area contributed by atoms with Crippen LogP contribution in [0, 0.1) is 0 Å². The first-order chi connectivity index (χ1) is 9.49. The Bertz CT molecular complexity index is 530. The third kappa shape index (κ3) is 3.27. The molecular formula is C13H16BrN3O3. The molecule has 1 aliphatic heterocycles. The number of carboxylic acids is 1. The summed E-state index contributed by atoms with van der Waals surface area (Å²) in [5.74, 6) is -0.756. The summed E-state index contributed by atoms with van der Waals surface area (Å²) in [6.07, 6.45) is 3.59. The van der Waals surface area contributed by atoms with Crippen molar-refractivity contribution in [1.82, 2.24) is 9.88 Å². The van der Waals surface area contributed by atoms with E-state index in [1.165, 1.54) is 12.3 Å². The summed E-state index contributed by atoms with van der Waals surface area (Å²) in [5.41, 5.74) is 0.0797. The second-order valence-corrected chi connectivity index (χ2v) is 5.69. The summed E-state index contributed by atoms with van der Waals surface area (Å²) >= 11 is 3.20. The maximum atomic E-state index is 12.1. The average molecular weight is 342 g/mol. The predicted molar refractivity (Wildman–Crippen MR) is 78.0 cm³/mol. The molecule has 2 rings (SSSR count). The Hall–Kier alpha value is -1.63. The molecule has 1 amide bonds. The number of pyridine rings is 1. The number of hydrogen-bond donors (Lipinski definition) is 1. The van der Waals surface area contributed by atoms with Crippen LogP contribution in [0.1, 0.15) is 23.2 Å². The first-order valence-electron chi connectivity index (χ1n) is 6.37. The van der Waals surface area contributed by atoms with Gasteiger partial charge in [0, 0.05) is 30.8 Å². The van der Waals surface area contributed by atoms with E-state index in [2.05, 4.69) is 20.9 Å². The van der Waals surface area contributed by atoms with E-state index in [9.17, 15) is 14.7 Å². The highest BCUT2D eigenvalue weighted by Crippen LogP contribution is 2.21. The van der Waals surface area contributed by atoms with E-state index >= 15 is 0 Å². The van der Waals surface area contributed by atoms with Gasteiger partial charge in [0.05, 0.1) is 6.54 Å². The van der Waals surface area contributed by atoms with Crippen molar-refractivity contribution in [3.05, 3.63) is 22.3 Å². The zero-order valence-electron chi connectivity index (χ0n) is 11.2. The van der Waals surface area contributed by atoms with Gasteiger partial charge in [-0.05, 0) is 34.8 Å². The Kier molecular flexibility index (Phi) is 4.59. The molecule has 1 aromatic rings. The third-order valence-corrected chi connectivity index (χ3v) is 3.69. The first kappa shape index (κ1) is 14.8. The van der Waals surface area contributed by atoms with Crippen LogP contribution < -0.4 is 4.90 Å². The van der Waals surface area contributed by atoms with E-state index in [0.717, 1.165) is 25.9 Å². The Labute approximate surface area is 125 Å². The van der Waals surface area contributed by atoms with Crippen LogP contribution in [0.25, 0.3) is 0 Å². The lowest BCUT2D eigenvalue weighted by molar-refractivity contribution is -0.128. The van der Waals surface area contributed by atoms with Crippen molar-refractivity contribution in [2.24, 2.45) is 0 Å². The zero-order valence-corrected chi connectivity index (χ0v) is 12.8. The van der Waals surface area contributed by atoms with Gasteiger partial charge < -0.3 is 14.9 Å². The molecule has 0 bridgehead atoms. The van der Waals surface area contributed by atoms with Crippen molar-refractivity contribution in [1.29, 1.82) is 0 Å². The molecule has 0 aliphatic carbocycles. The Morgan fingerprint density at radius 1 is 1.45 bits per heavy atom. The molecule has 6 nitrogen and oxygen atoms in total. The number of amides is 1. The fourth-order valence-corrected chi connectivity index (χ4v) is 2.57. The molecule has 1 aromatic heterocycles. The molecule has 0 unspecified atom stereocenters. The highest BCUT2D eigenvalue weighted by molar-refractivity contribution is 9.10. The molecule has 0 radical (unpaired) electrons. The third-order valence-electron chi connectivity index (χ3n) is 3.26. The quantitative estimate of drug-likeness (QED) is 0.900. The molecule has 0 saturated carbocycles. The van der Waals surface area contributed by atoms with Crippen LogP contribution in [0.15, 0.2) is 16.7 Å². The number of carbonyl (C=O) groups excluding carboxylic acids is 1. The first-order valence-corrected chi connectivity index (χ1v) is 7.16. The Morgan fingerprint density at radius 2 is 2.10 bits per heavy atom. The summed E-state index contributed by atoms with van der Waals surface area (Å²) in [5, 5.41) is 9.20. The molecule has 0 spiro atoms. The van der Waals surface area contributed by atoms with Crippen molar-refractivity contribution >= 4 is 33.6 Å². The highest BCUT2D eigenvalue weighted by Gasteiger charge is 2.22. The predicted octanol–water partition coefficient (Wildman–Crippen LogP) is 1.60. The lowest BCUT2D eigenvalue weighted by Crippen LogP contribution is -2.38. The standard InChI is InChI=1S/C13H16BrN3O3/c1-16(8-11(18)17-4-2-3-5-17)12-10(13(19)20)6-9(14)7-15-12/h6-7H,2-5,8H2,1H3,(H,19,20). The highest BCUT2D eigenvalue weighted by atomic mass is 79.9. The second-order valence-electron chi connectivity index (χ2n) is 4.77. The molecule has 1 aliphatic rings. The smallest absolute Gasteiger partial charge is 0.339 e. The Morgan fingerprint density at radius 3 is 2.70 bits per heavy atom. The summed E-state index contributed by atoms with van der Waals surface area (Å²) in [7, 11) is 1.68. The van der Waals surface area contributed by atoms with Gasteiger partial charge in [-0.1, -0.05) is 0 Å². The SMILES string of the molecule is CN(CC(=O)N1CCCC1)c1ncc(Br)cc1C(=O)O. The maximum absolute atomic E-state index is 12.1. The maximum Gasteiger partial charge on any atom is 0.339 e. The van der Waals surface area contributed by atoms with Gasteiger partial charge >= 0.3 is 5.97 Å². The number of carbonyl (C=O) groups is 2. The number of aromatic nitrogens is 1. The number of nitrogens with zero attached hydrogens (tertiary/aromatic N) is 3. The van der Waals surface area contributed by atoms with Crippen molar-refractivity contribution in [2.45, 2.75) is 12.8 Å². The van der Waals surface area contributed by atoms with E-state index < -0.39 is 5.97 Å². The van der Waals surface area contributed by atoms with Crippen molar-refractivity contribution in [2.75, 3.05) is 31.6 Å². The number of hydrogen-bond acceptors (Lipinski definition) is 4. The molecule has 1 fully saturated rings. The number of rotatable bonds is 4. The average Bonchev–Trinajstić information content (AvgIpc) is 2.92. The largest absolute Gasteiger partial charge is 0.478 e. The molecule has 1 N–H and O–H groups in total. The number of anilines is 1. The molecule has 0 aromatic carbocycles. The van der Waals surface area contributed by atoms with Crippen LogP contribution in [-0.4, -0.2) is 53.5 Å². The van der Waals surface area contributed by atoms with Crippen molar-refractivity contribution in [3.63, 3.8) is 0 Å². The molecule has 1 saturated heterocycles. The molecule has 20 heavy (non-hydrogen) atoms. The van der Waals surface area contributed by atoms with Gasteiger partial charge in [-0.2, -0.15) is 0 Å². The van der Waals surface area contributed by atoms with E-state index in [1.807, 2.05) is 0 Å². The molecule has 0 atom stereocenters. The van der Waals surface area contributed by atoms with E-state index in [4.69, 9.17) is 0 Å². The fraction of sp³-hybridized carbons (Fsp3) is 0.462. The van der Waals surface area contributed by atoms with Gasteiger partial charge in [0.25, 0.3) is 0 Å². The monoisotopic (exact) mass is 341 g/mol. The van der Waals surface area contributed by atoms with E-state index in [-0.39, 0.29) is 18.0 Å². The minimum Gasteiger partial charge on any atom is -0.478 e. The number of halogens is 1. The number of likely N-dealkylation sites (tertiary alicyclic amines) is 1. The lowest BCUT2D eigenvalue weighted by atomic mass is 10.2. The van der Waals surface area contributed by atoms with Crippen LogP contribution >= 0.6 is 15.9 Å². The summed E-state index contributed by atoms with van der Waals surface area (Å²) < 4.78 is 0.595. The van der Waals surface area contributed by atoms with Gasteiger partial charge in [0.2, 0.25) is 5.91 Å². The normalized spacial score (nSPS) is 14.4. The van der Waals surface area contributed by atoms with Gasteiger partial charge in [0.1, 0.15) is 11.4 Å². The summed E-state index contributed by atoms with van der Waals surface area (Å²) in [4.78, 5) is 30.8. The summed E-state index contributed by atoms with van der Waals surface area (Å²) in [6.45, 7) is 1.70. The topological polar surface area (TPSA) is 73.7 Å². The van der Waals surface area contributed by atoms with Gasteiger partial charge in [-0.15, -0.1) is 0 Å². The molecule has 108 valence electrons. The van der Waals surface area contributed by atoms with Crippen LogP contribution in [0.5, 0.6) is 0 Å². The molecule has 7 heteroatoms. The number of likely N-dealkylation sites (N-methyl/N-ethyl adjacent to an activating group) is 1. The second kappa shape index (κ2) is 6.21. The zero-order chi connectivity index (χ0) is 14.7. The van der Waals surface area contributed by atoms with Crippen LogP contribution in [0.2, 0.25) is 0 Å². The fourth-order valence-electron chi connectivity index (χ4n) is 2.24. The molecule has 2 heterocycles. The minimum atomic E-state index is -1.06. The van der Waals surface area contributed by atoms with Crippen molar-refractivity contribution in [3.8, 4) is 0 Å². The van der Waals surface area contributed by atoms with Crippen molar-refractivity contribution < 1.29 is 14.7 Å². The van der Waals surface area contributed by atoms with E-state index in [1.54, 1.807) is 16.8 Å². The number of carboxylic acid groups (broad SMARTS) is 1. The number of aromatic carboxylic acids is 1. The van der Waals surface area contributed by atoms with E-state index in [0.29, 0.717) is 10.3 Å². The van der Waals surface area contributed by atoms with Gasteiger partial charge in [0.15, 0.2) is 0 Å². The van der Waals surface area contributed by atoms with Crippen LogP contribution in [0.3, 0.4) is 0 Å². The minimum absolute atomic E-state index is 0.00561.